The number of Topliss-reactive ketones (excluding diaryl/α,β-unsaturated/α-hetero) is 1. The van der Waals surface area contributed by atoms with Gasteiger partial charge in [0, 0.05) is 18.4 Å². The first-order valence-corrected chi connectivity index (χ1v) is 13.1. The summed E-state index contributed by atoms with van der Waals surface area (Å²) in [6, 6.07) is 4.54. The molecule has 9 heteroatoms. The highest BCUT2D eigenvalue weighted by atomic mass is 32.2. The molecule has 2 fully saturated rings. The Kier molecular flexibility index (Phi) is 7.54. The third-order valence-corrected chi connectivity index (χ3v) is 10.2. The summed E-state index contributed by atoms with van der Waals surface area (Å²) in [5, 5.41) is 3.37. The van der Waals surface area contributed by atoms with E-state index in [4.69, 9.17) is 0 Å². The van der Waals surface area contributed by atoms with E-state index in [0.29, 0.717) is 25.7 Å². The molecule has 3 rings (SSSR count). The predicted octanol–water partition coefficient (Wildman–Crippen LogP) is 5.44. The van der Waals surface area contributed by atoms with Crippen molar-refractivity contribution in [2.75, 3.05) is 7.05 Å². The van der Waals surface area contributed by atoms with Crippen LogP contribution in [0.25, 0.3) is 0 Å². The molecule has 0 aromatic heterocycles. The van der Waals surface area contributed by atoms with E-state index >= 15 is 0 Å². The molecule has 2 saturated carbocycles. The van der Waals surface area contributed by atoms with Crippen molar-refractivity contribution in [3.8, 4) is 5.75 Å². The first-order chi connectivity index (χ1) is 15.3. The number of sulfone groups is 1. The van der Waals surface area contributed by atoms with Crippen molar-refractivity contribution >= 4 is 15.6 Å². The summed E-state index contributed by atoms with van der Waals surface area (Å²) in [6.45, 7) is 3.22. The summed E-state index contributed by atoms with van der Waals surface area (Å²) in [6.07, 6.45) is 2.76. The summed E-state index contributed by atoms with van der Waals surface area (Å²) in [7, 11) is -1.99. The van der Waals surface area contributed by atoms with Gasteiger partial charge in [0.25, 0.3) is 0 Å². The van der Waals surface area contributed by atoms with Gasteiger partial charge in [0.15, 0.2) is 9.84 Å². The second-order valence-corrected chi connectivity index (χ2v) is 12.7. The third-order valence-electron chi connectivity index (χ3n) is 7.65. The molecule has 1 aromatic rings. The zero-order chi connectivity index (χ0) is 24.5. The van der Waals surface area contributed by atoms with Crippen LogP contribution in [-0.2, 0) is 14.6 Å². The summed E-state index contributed by atoms with van der Waals surface area (Å²) in [5.74, 6) is -0.361. The number of rotatable bonds is 9. The number of nitrogens with one attached hydrogen (secondary N) is 1. The van der Waals surface area contributed by atoms with Crippen molar-refractivity contribution in [2.24, 2.45) is 11.8 Å². The number of hydrogen-bond donors (Lipinski definition) is 1. The molecule has 0 unspecified atom stereocenters. The molecule has 1 N–H and O–H groups in total. The third kappa shape index (κ3) is 5.91. The number of alkyl halides is 3. The van der Waals surface area contributed by atoms with Gasteiger partial charge < -0.3 is 10.1 Å². The monoisotopic (exact) mass is 489 g/mol. The van der Waals surface area contributed by atoms with Gasteiger partial charge in [-0.3, -0.25) is 4.79 Å². The standard InChI is InChI=1S/C24H34F3NO4S/c1-22(2,33(30,31)21-9-7-8-20(15-21)32-24(25,26)27)18-12-17(13-18)14-19(29)16-23(28-3)10-5-4-6-11-23/h7-9,15,17-18,28H,4-6,10-14,16H2,1-3H3. The number of hydrogen-bond acceptors (Lipinski definition) is 5. The van der Waals surface area contributed by atoms with Crippen LogP contribution in [0.4, 0.5) is 13.2 Å². The smallest absolute Gasteiger partial charge is 0.406 e. The molecule has 0 heterocycles. The van der Waals surface area contributed by atoms with Gasteiger partial charge in [-0.25, -0.2) is 8.42 Å². The van der Waals surface area contributed by atoms with Gasteiger partial charge >= 0.3 is 6.36 Å². The van der Waals surface area contributed by atoms with Crippen LogP contribution in [0.1, 0.15) is 71.6 Å². The maximum Gasteiger partial charge on any atom is 0.573 e. The molecule has 0 spiro atoms. The van der Waals surface area contributed by atoms with E-state index in [0.717, 1.165) is 37.8 Å². The number of benzene rings is 1. The molecular weight excluding hydrogens is 455 g/mol. The lowest BCUT2D eigenvalue weighted by Gasteiger charge is -2.45. The van der Waals surface area contributed by atoms with Crippen molar-refractivity contribution in [1.29, 1.82) is 0 Å². The Morgan fingerprint density at radius 2 is 1.79 bits per heavy atom. The van der Waals surface area contributed by atoms with Gasteiger partial charge in [-0.15, -0.1) is 13.2 Å². The lowest BCUT2D eigenvalue weighted by atomic mass is 9.66. The van der Waals surface area contributed by atoms with E-state index in [1.807, 2.05) is 7.05 Å². The van der Waals surface area contributed by atoms with Gasteiger partial charge in [-0.2, -0.15) is 0 Å². The highest BCUT2D eigenvalue weighted by molar-refractivity contribution is 7.92. The van der Waals surface area contributed by atoms with E-state index in [-0.39, 0.29) is 28.1 Å². The Hall–Kier alpha value is -1.61. The van der Waals surface area contributed by atoms with E-state index in [2.05, 4.69) is 10.1 Å². The van der Waals surface area contributed by atoms with E-state index in [9.17, 15) is 26.4 Å². The normalized spacial score (nSPS) is 23.6. The van der Waals surface area contributed by atoms with Gasteiger partial charge in [-0.1, -0.05) is 25.3 Å². The fourth-order valence-corrected chi connectivity index (χ4v) is 7.11. The first-order valence-electron chi connectivity index (χ1n) is 11.6. The maximum atomic E-state index is 13.3. The van der Waals surface area contributed by atoms with Crippen molar-refractivity contribution < 1.29 is 31.1 Å². The topological polar surface area (TPSA) is 72.5 Å². The van der Waals surface area contributed by atoms with Crippen LogP contribution in [0.5, 0.6) is 5.75 Å². The molecular formula is C24H34F3NO4S. The minimum Gasteiger partial charge on any atom is -0.406 e. The second kappa shape index (κ2) is 9.56. The Labute approximate surface area is 194 Å². The van der Waals surface area contributed by atoms with Crippen molar-refractivity contribution in [1.82, 2.24) is 5.32 Å². The van der Waals surface area contributed by atoms with E-state index in [1.165, 1.54) is 18.6 Å². The van der Waals surface area contributed by atoms with Gasteiger partial charge in [-0.05, 0) is 76.6 Å². The SMILES string of the molecule is CNC1(CC(=O)CC2CC(C(C)(C)S(=O)(=O)c3cccc(OC(F)(F)F)c3)C2)CCCCC1. The number of carbonyl (C=O) groups is 1. The fourth-order valence-electron chi connectivity index (χ4n) is 5.35. The van der Waals surface area contributed by atoms with E-state index in [1.54, 1.807) is 13.8 Å². The largest absolute Gasteiger partial charge is 0.573 e. The molecule has 0 atom stereocenters. The van der Waals surface area contributed by atoms with E-state index < -0.39 is 26.7 Å². The summed E-state index contributed by atoms with van der Waals surface area (Å²) < 4.78 is 66.9. The second-order valence-electron chi connectivity index (χ2n) is 10.2. The van der Waals surface area contributed by atoms with Crippen LogP contribution < -0.4 is 10.1 Å². The molecule has 0 saturated heterocycles. The van der Waals surface area contributed by atoms with Gasteiger partial charge in [0.05, 0.1) is 9.64 Å². The van der Waals surface area contributed by atoms with Crippen molar-refractivity contribution in [2.45, 2.75) is 93.2 Å². The molecule has 0 aliphatic heterocycles. The summed E-state index contributed by atoms with van der Waals surface area (Å²) >= 11 is 0. The van der Waals surface area contributed by atoms with Crippen LogP contribution in [-0.4, -0.2) is 37.9 Å². The zero-order valence-electron chi connectivity index (χ0n) is 19.5. The average molecular weight is 490 g/mol. The van der Waals surface area contributed by atoms with Crippen LogP contribution in [0.2, 0.25) is 0 Å². The van der Waals surface area contributed by atoms with Crippen LogP contribution in [0.15, 0.2) is 29.2 Å². The number of ketones is 1. The molecule has 0 radical (unpaired) electrons. The maximum absolute atomic E-state index is 13.3. The molecule has 186 valence electrons. The Balaban J connectivity index is 1.61. The van der Waals surface area contributed by atoms with Gasteiger partial charge in [0.2, 0.25) is 0 Å². The molecule has 0 amide bonds. The van der Waals surface area contributed by atoms with Crippen LogP contribution >= 0.6 is 0 Å². The fraction of sp³-hybridized carbons (Fsp3) is 0.708. The van der Waals surface area contributed by atoms with Crippen LogP contribution in [0, 0.1) is 11.8 Å². The Bertz CT molecular complexity index is 947. The first kappa shape index (κ1) is 26.0. The minimum absolute atomic E-state index is 0.107. The molecule has 0 bridgehead atoms. The lowest BCUT2D eigenvalue weighted by Crippen LogP contribution is -2.48. The van der Waals surface area contributed by atoms with Crippen molar-refractivity contribution in [3.63, 3.8) is 0 Å². The lowest BCUT2D eigenvalue weighted by molar-refractivity contribution is -0.274. The number of ether oxygens (including phenoxy) is 1. The Morgan fingerprint density at radius 1 is 1.15 bits per heavy atom. The average Bonchev–Trinajstić information content (AvgIpc) is 2.69. The molecule has 2 aliphatic carbocycles. The molecule has 1 aromatic carbocycles. The predicted molar refractivity (Wildman–Crippen MR) is 120 cm³/mol. The molecule has 2 aliphatic rings. The van der Waals surface area contributed by atoms with Gasteiger partial charge in [0.1, 0.15) is 11.5 Å². The number of carbonyl (C=O) groups excluding carboxylic acids is 1. The minimum atomic E-state index is -4.89. The highest BCUT2D eigenvalue weighted by Gasteiger charge is 2.49. The number of halogens is 3. The zero-order valence-corrected chi connectivity index (χ0v) is 20.3. The molecule has 5 nitrogen and oxygen atoms in total. The Morgan fingerprint density at radius 3 is 2.36 bits per heavy atom. The molecule has 33 heavy (non-hydrogen) atoms. The summed E-state index contributed by atoms with van der Waals surface area (Å²) in [4.78, 5) is 12.5. The quantitative estimate of drug-likeness (QED) is 0.500. The van der Waals surface area contributed by atoms with Crippen molar-refractivity contribution in [3.05, 3.63) is 24.3 Å². The summed E-state index contributed by atoms with van der Waals surface area (Å²) in [5.41, 5.74) is -0.107. The van der Waals surface area contributed by atoms with Crippen LogP contribution in [0.3, 0.4) is 0 Å². The highest BCUT2D eigenvalue weighted by Crippen LogP contribution is 2.48.